The van der Waals surface area contributed by atoms with E-state index in [2.05, 4.69) is 64.9 Å². The second-order valence-corrected chi connectivity index (χ2v) is 6.56. The first kappa shape index (κ1) is 13.5. The maximum atomic E-state index is 4.84. The molecule has 1 saturated heterocycles. The molecular formula is C19H18N2S. The molecule has 0 aliphatic carbocycles. The Balaban J connectivity index is 1.51. The number of hydrogen-bond acceptors (Lipinski definition) is 3. The fraction of sp³-hybridized carbons (Fsp3) is 0.211. The molecule has 3 aromatic rings. The monoisotopic (exact) mass is 306 g/mol. The predicted molar refractivity (Wildman–Crippen MR) is 93.6 cm³/mol. The summed E-state index contributed by atoms with van der Waals surface area (Å²) in [6.07, 6.45) is 1.21. The molecule has 4 rings (SSSR count). The van der Waals surface area contributed by atoms with Crippen molar-refractivity contribution in [1.29, 1.82) is 0 Å². The van der Waals surface area contributed by atoms with Gasteiger partial charge in [0.05, 0.1) is 5.69 Å². The SMILES string of the molecule is c1ccc(-c2csc(N3CC[C@H](c4ccccc4)C3)n2)cc1. The highest BCUT2D eigenvalue weighted by Gasteiger charge is 2.25. The molecule has 0 radical (unpaired) electrons. The molecule has 0 unspecified atom stereocenters. The Morgan fingerprint density at radius 3 is 2.45 bits per heavy atom. The normalized spacial score (nSPS) is 17.8. The van der Waals surface area contributed by atoms with Crippen molar-refractivity contribution in [3.8, 4) is 11.3 Å². The third-order valence-electron chi connectivity index (χ3n) is 4.29. The van der Waals surface area contributed by atoms with Gasteiger partial charge in [-0.2, -0.15) is 0 Å². The van der Waals surface area contributed by atoms with E-state index in [1.807, 2.05) is 6.07 Å². The van der Waals surface area contributed by atoms with Crippen LogP contribution in [-0.2, 0) is 0 Å². The molecule has 2 aromatic carbocycles. The molecule has 1 aliphatic rings. The molecule has 2 heterocycles. The van der Waals surface area contributed by atoms with Gasteiger partial charge in [-0.25, -0.2) is 4.98 Å². The first-order valence-electron chi connectivity index (χ1n) is 7.71. The van der Waals surface area contributed by atoms with Crippen molar-refractivity contribution in [2.24, 2.45) is 0 Å². The van der Waals surface area contributed by atoms with E-state index < -0.39 is 0 Å². The van der Waals surface area contributed by atoms with Crippen LogP contribution in [0.1, 0.15) is 17.9 Å². The van der Waals surface area contributed by atoms with E-state index in [1.54, 1.807) is 11.3 Å². The number of rotatable bonds is 3. The molecule has 0 spiro atoms. The zero-order valence-electron chi connectivity index (χ0n) is 12.4. The van der Waals surface area contributed by atoms with Crippen LogP contribution in [0, 0.1) is 0 Å². The lowest BCUT2D eigenvalue weighted by molar-refractivity contribution is 0.775. The summed E-state index contributed by atoms with van der Waals surface area (Å²) in [5.41, 5.74) is 3.73. The number of anilines is 1. The van der Waals surface area contributed by atoms with Crippen molar-refractivity contribution in [2.75, 3.05) is 18.0 Å². The lowest BCUT2D eigenvalue weighted by atomic mass is 9.99. The Morgan fingerprint density at radius 1 is 0.955 bits per heavy atom. The van der Waals surface area contributed by atoms with Gasteiger partial charge in [0.15, 0.2) is 5.13 Å². The number of thiazole rings is 1. The van der Waals surface area contributed by atoms with Crippen LogP contribution < -0.4 is 4.90 Å². The summed E-state index contributed by atoms with van der Waals surface area (Å²) in [5.74, 6) is 0.630. The van der Waals surface area contributed by atoms with Gasteiger partial charge in [-0.15, -0.1) is 11.3 Å². The van der Waals surface area contributed by atoms with Crippen LogP contribution in [0.25, 0.3) is 11.3 Å². The zero-order valence-corrected chi connectivity index (χ0v) is 13.2. The number of benzene rings is 2. The summed E-state index contributed by atoms with van der Waals surface area (Å²) >= 11 is 1.75. The Labute approximate surface area is 135 Å². The van der Waals surface area contributed by atoms with Gasteiger partial charge in [-0.1, -0.05) is 60.7 Å². The largest absolute Gasteiger partial charge is 0.347 e. The summed E-state index contributed by atoms with van der Waals surface area (Å²) in [7, 11) is 0. The van der Waals surface area contributed by atoms with Crippen LogP contribution in [0.4, 0.5) is 5.13 Å². The molecule has 0 bridgehead atoms. The lowest BCUT2D eigenvalue weighted by Crippen LogP contribution is -2.18. The van der Waals surface area contributed by atoms with Crippen molar-refractivity contribution < 1.29 is 0 Å². The Kier molecular flexibility index (Phi) is 3.65. The second kappa shape index (κ2) is 5.93. The molecule has 0 N–H and O–H groups in total. The third-order valence-corrected chi connectivity index (χ3v) is 5.19. The van der Waals surface area contributed by atoms with Crippen LogP contribution >= 0.6 is 11.3 Å². The minimum Gasteiger partial charge on any atom is -0.347 e. The zero-order chi connectivity index (χ0) is 14.8. The summed E-state index contributed by atoms with van der Waals surface area (Å²) in [6, 6.07) is 21.3. The van der Waals surface area contributed by atoms with E-state index >= 15 is 0 Å². The van der Waals surface area contributed by atoms with Gasteiger partial charge in [0.2, 0.25) is 0 Å². The van der Waals surface area contributed by atoms with E-state index in [9.17, 15) is 0 Å². The van der Waals surface area contributed by atoms with Gasteiger partial charge in [0.1, 0.15) is 0 Å². The van der Waals surface area contributed by atoms with Crippen molar-refractivity contribution >= 4 is 16.5 Å². The van der Waals surface area contributed by atoms with E-state index in [1.165, 1.54) is 17.5 Å². The van der Waals surface area contributed by atoms with Gasteiger partial charge >= 0.3 is 0 Å². The average Bonchev–Trinajstić information content (AvgIpc) is 3.26. The molecule has 2 nitrogen and oxygen atoms in total. The highest BCUT2D eigenvalue weighted by Crippen LogP contribution is 2.34. The van der Waals surface area contributed by atoms with Crippen LogP contribution in [0.15, 0.2) is 66.0 Å². The topological polar surface area (TPSA) is 16.1 Å². The van der Waals surface area contributed by atoms with Crippen molar-refractivity contribution in [3.63, 3.8) is 0 Å². The molecule has 22 heavy (non-hydrogen) atoms. The van der Waals surface area contributed by atoms with Gasteiger partial charge < -0.3 is 4.90 Å². The standard InChI is InChI=1S/C19H18N2S/c1-3-7-15(8-4-1)17-11-12-21(13-17)19-20-18(14-22-19)16-9-5-2-6-10-16/h1-10,14,17H,11-13H2/t17-/m0/s1. The van der Waals surface area contributed by atoms with Crippen molar-refractivity contribution in [3.05, 3.63) is 71.6 Å². The summed E-state index contributed by atoms with van der Waals surface area (Å²) < 4.78 is 0. The Morgan fingerprint density at radius 2 is 1.68 bits per heavy atom. The molecule has 1 aromatic heterocycles. The quantitative estimate of drug-likeness (QED) is 0.690. The highest BCUT2D eigenvalue weighted by molar-refractivity contribution is 7.14. The summed E-state index contributed by atoms with van der Waals surface area (Å²) in [4.78, 5) is 7.26. The van der Waals surface area contributed by atoms with E-state index in [0.717, 1.165) is 23.9 Å². The molecule has 1 fully saturated rings. The molecular weight excluding hydrogens is 288 g/mol. The van der Waals surface area contributed by atoms with Crippen LogP contribution in [0.3, 0.4) is 0 Å². The smallest absolute Gasteiger partial charge is 0.185 e. The lowest BCUT2D eigenvalue weighted by Gasteiger charge is -2.15. The minimum absolute atomic E-state index is 0.630. The number of hydrogen-bond donors (Lipinski definition) is 0. The van der Waals surface area contributed by atoms with Crippen molar-refractivity contribution in [2.45, 2.75) is 12.3 Å². The number of nitrogens with zero attached hydrogens (tertiary/aromatic N) is 2. The first-order chi connectivity index (χ1) is 10.9. The molecule has 1 atom stereocenters. The van der Waals surface area contributed by atoms with Crippen LogP contribution in [0.5, 0.6) is 0 Å². The van der Waals surface area contributed by atoms with Gasteiger partial charge in [0, 0.05) is 30.0 Å². The van der Waals surface area contributed by atoms with Crippen molar-refractivity contribution in [1.82, 2.24) is 4.98 Å². The molecule has 0 amide bonds. The van der Waals surface area contributed by atoms with Gasteiger partial charge in [-0.3, -0.25) is 0 Å². The number of aromatic nitrogens is 1. The molecule has 110 valence electrons. The maximum Gasteiger partial charge on any atom is 0.185 e. The minimum atomic E-state index is 0.630. The fourth-order valence-electron chi connectivity index (χ4n) is 3.08. The fourth-order valence-corrected chi connectivity index (χ4v) is 3.95. The van der Waals surface area contributed by atoms with Gasteiger partial charge in [-0.05, 0) is 12.0 Å². The van der Waals surface area contributed by atoms with Crippen LogP contribution in [-0.4, -0.2) is 18.1 Å². The van der Waals surface area contributed by atoms with E-state index in [-0.39, 0.29) is 0 Å². The Hall–Kier alpha value is -2.13. The highest BCUT2D eigenvalue weighted by atomic mass is 32.1. The summed E-state index contributed by atoms with van der Waals surface area (Å²) in [5, 5.41) is 3.32. The van der Waals surface area contributed by atoms with E-state index in [0.29, 0.717) is 5.92 Å². The first-order valence-corrected chi connectivity index (χ1v) is 8.59. The average molecular weight is 306 g/mol. The van der Waals surface area contributed by atoms with E-state index in [4.69, 9.17) is 4.98 Å². The molecule has 1 aliphatic heterocycles. The third kappa shape index (κ3) is 2.64. The maximum absolute atomic E-state index is 4.84. The summed E-state index contributed by atoms with van der Waals surface area (Å²) in [6.45, 7) is 2.17. The Bertz CT molecular complexity index is 736. The molecule has 3 heteroatoms. The van der Waals surface area contributed by atoms with Gasteiger partial charge in [0.25, 0.3) is 0 Å². The predicted octanol–water partition coefficient (Wildman–Crippen LogP) is 4.80. The second-order valence-electron chi connectivity index (χ2n) is 5.72. The van der Waals surface area contributed by atoms with Crippen LogP contribution in [0.2, 0.25) is 0 Å². The molecule has 0 saturated carbocycles.